The van der Waals surface area contributed by atoms with Crippen LogP contribution in [0.3, 0.4) is 0 Å². The van der Waals surface area contributed by atoms with E-state index >= 15 is 0 Å². The molecule has 7 heteroatoms. The summed E-state index contributed by atoms with van der Waals surface area (Å²) in [5, 5.41) is 4.64. The summed E-state index contributed by atoms with van der Waals surface area (Å²) in [6.07, 6.45) is 0. The Hall–Kier alpha value is -4.52. The van der Waals surface area contributed by atoms with E-state index in [2.05, 4.69) is 15.3 Å². The predicted molar refractivity (Wildman–Crippen MR) is 128 cm³/mol. The van der Waals surface area contributed by atoms with Crippen molar-refractivity contribution in [3.63, 3.8) is 0 Å². The number of para-hydroxylation sites is 2. The standard InChI is InChI=1S/C26H21N3O4/c1-31-19-12-10-18(11-13-19)27-26(30)29-25-20(22-15-16-6-3-4-8-21(16)28-22)14-17-7-5-9-23(32-2)24(17)33-25/h3-15,28H,1-2H3,(H,27,30)/b29-25-. The van der Waals surface area contributed by atoms with Gasteiger partial charge >= 0.3 is 6.03 Å². The number of fused-ring (bicyclic) bond motifs is 2. The molecule has 0 aliphatic carbocycles. The second kappa shape index (κ2) is 8.55. The van der Waals surface area contributed by atoms with Crippen molar-refractivity contribution < 1.29 is 18.7 Å². The van der Waals surface area contributed by atoms with Gasteiger partial charge in [-0.25, -0.2) is 4.79 Å². The third-order valence-corrected chi connectivity index (χ3v) is 5.32. The van der Waals surface area contributed by atoms with Crippen molar-refractivity contribution in [1.82, 2.24) is 4.98 Å². The van der Waals surface area contributed by atoms with Crippen molar-refractivity contribution in [3.05, 3.63) is 84.4 Å². The maximum Gasteiger partial charge on any atom is 0.348 e. The Morgan fingerprint density at radius 3 is 2.45 bits per heavy atom. The molecule has 0 fully saturated rings. The molecule has 164 valence electrons. The number of rotatable bonds is 4. The molecule has 2 heterocycles. The van der Waals surface area contributed by atoms with Crippen LogP contribution in [0.2, 0.25) is 0 Å². The molecular weight excluding hydrogens is 418 g/mol. The molecule has 0 aliphatic rings. The molecule has 5 aromatic rings. The average molecular weight is 439 g/mol. The van der Waals surface area contributed by atoms with E-state index in [-0.39, 0.29) is 5.55 Å². The number of benzene rings is 3. The molecular formula is C26H21N3O4. The number of H-pyrrole nitrogens is 1. The Bertz CT molecular complexity index is 1500. The summed E-state index contributed by atoms with van der Waals surface area (Å²) in [7, 11) is 3.16. The van der Waals surface area contributed by atoms with Gasteiger partial charge in [-0.2, -0.15) is 4.99 Å². The number of ether oxygens (including phenoxy) is 2. The second-order valence-corrected chi connectivity index (χ2v) is 7.38. The van der Waals surface area contributed by atoms with Crippen molar-refractivity contribution >= 4 is 33.6 Å². The lowest BCUT2D eigenvalue weighted by Crippen LogP contribution is -2.14. The Balaban J connectivity index is 1.64. The van der Waals surface area contributed by atoms with Gasteiger partial charge in [0.15, 0.2) is 11.3 Å². The number of anilines is 1. The zero-order valence-electron chi connectivity index (χ0n) is 18.1. The normalized spacial score (nSPS) is 11.6. The molecule has 0 aliphatic heterocycles. The lowest BCUT2D eigenvalue weighted by atomic mass is 10.1. The molecule has 0 spiro atoms. The summed E-state index contributed by atoms with van der Waals surface area (Å²) in [6, 6.07) is 24.0. The molecule has 3 aromatic carbocycles. The number of methoxy groups -OCH3 is 2. The SMILES string of the molecule is COc1ccc(NC(=O)/N=c2\oc3c(OC)cccc3cc2-c2cc3ccccc3[nH]2)cc1. The van der Waals surface area contributed by atoms with Crippen LogP contribution < -0.4 is 20.3 Å². The number of urea groups is 1. The molecule has 33 heavy (non-hydrogen) atoms. The van der Waals surface area contributed by atoms with Crippen molar-refractivity contribution in [3.8, 4) is 22.8 Å². The van der Waals surface area contributed by atoms with Crippen molar-refractivity contribution in [2.75, 3.05) is 19.5 Å². The van der Waals surface area contributed by atoms with Crippen LogP contribution in [0.15, 0.2) is 88.3 Å². The minimum absolute atomic E-state index is 0.171. The number of nitrogens with zero attached hydrogens (tertiary/aromatic N) is 1. The highest BCUT2D eigenvalue weighted by Gasteiger charge is 2.13. The average Bonchev–Trinajstić information content (AvgIpc) is 3.28. The van der Waals surface area contributed by atoms with E-state index in [4.69, 9.17) is 13.9 Å². The molecule has 7 nitrogen and oxygen atoms in total. The first kappa shape index (κ1) is 20.4. The van der Waals surface area contributed by atoms with Gasteiger partial charge in [0, 0.05) is 22.0 Å². The Labute approximate surface area is 189 Å². The van der Waals surface area contributed by atoms with Crippen LogP contribution in [0.5, 0.6) is 11.5 Å². The molecule has 0 unspecified atom stereocenters. The van der Waals surface area contributed by atoms with Gasteiger partial charge in [0.1, 0.15) is 5.75 Å². The summed E-state index contributed by atoms with van der Waals surface area (Å²) < 4.78 is 16.7. The topological polar surface area (TPSA) is 88.8 Å². The highest BCUT2D eigenvalue weighted by atomic mass is 16.5. The number of nitrogens with one attached hydrogen (secondary N) is 2. The highest BCUT2D eigenvalue weighted by molar-refractivity contribution is 5.92. The first-order valence-electron chi connectivity index (χ1n) is 10.3. The Morgan fingerprint density at radius 2 is 1.70 bits per heavy atom. The number of carbonyl (C=O) groups is 1. The van der Waals surface area contributed by atoms with Crippen LogP contribution in [0.4, 0.5) is 10.5 Å². The maximum absolute atomic E-state index is 12.8. The lowest BCUT2D eigenvalue weighted by molar-refractivity contribution is 0.258. The quantitative estimate of drug-likeness (QED) is 0.374. The van der Waals surface area contributed by atoms with E-state index in [9.17, 15) is 4.79 Å². The van der Waals surface area contributed by atoms with E-state index < -0.39 is 6.03 Å². The van der Waals surface area contributed by atoms with E-state index in [1.807, 2.05) is 48.5 Å². The van der Waals surface area contributed by atoms with Crippen LogP contribution in [0.1, 0.15) is 0 Å². The lowest BCUT2D eigenvalue weighted by Gasteiger charge is -2.07. The van der Waals surface area contributed by atoms with Gasteiger partial charge in [0.2, 0.25) is 5.55 Å². The molecule has 0 atom stereocenters. The Kier molecular flexibility index (Phi) is 5.28. The number of amides is 2. The smallest absolute Gasteiger partial charge is 0.348 e. The third-order valence-electron chi connectivity index (χ3n) is 5.32. The Morgan fingerprint density at radius 1 is 0.909 bits per heavy atom. The minimum atomic E-state index is -0.560. The summed E-state index contributed by atoms with van der Waals surface area (Å²) >= 11 is 0. The van der Waals surface area contributed by atoms with E-state index in [1.165, 1.54) is 0 Å². The van der Waals surface area contributed by atoms with Gasteiger partial charge in [0.25, 0.3) is 0 Å². The highest BCUT2D eigenvalue weighted by Crippen LogP contribution is 2.29. The molecule has 2 aromatic heterocycles. The van der Waals surface area contributed by atoms with E-state index in [0.29, 0.717) is 28.3 Å². The van der Waals surface area contributed by atoms with Crippen molar-refractivity contribution in [1.29, 1.82) is 0 Å². The maximum atomic E-state index is 12.8. The number of hydrogen-bond donors (Lipinski definition) is 2. The fraction of sp³-hybridized carbons (Fsp3) is 0.0769. The number of hydrogen-bond acceptors (Lipinski definition) is 4. The van der Waals surface area contributed by atoms with Crippen molar-refractivity contribution in [2.45, 2.75) is 0 Å². The first-order chi connectivity index (χ1) is 16.1. The zero-order chi connectivity index (χ0) is 22.8. The zero-order valence-corrected chi connectivity index (χ0v) is 18.1. The number of carbonyl (C=O) groups excluding carboxylic acids is 1. The van der Waals surface area contributed by atoms with Gasteiger partial charge in [-0.3, -0.25) is 0 Å². The first-order valence-corrected chi connectivity index (χ1v) is 10.3. The van der Waals surface area contributed by atoms with Gasteiger partial charge in [-0.05, 0) is 48.5 Å². The summed E-state index contributed by atoms with van der Waals surface area (Å²) in [4.78, 5) is 20.4. The van der Waals surface area contributed by atoms with Gasteiger partial charge in [0.05, 0.1) is 25.5 Å². The van der Waals surface area contributed by atoms with Gasteiger partial charge < -0.3 is 24.2 Å². The fourth-order valence-electron chi connectivity index (χ4n) is 3.70. The van der Waals surface area contributed by atoms with Crippen LogP contribution in [0, 0.1) is 0 Å². The fourth-order valence-corrected chi connectivity index (χ4v) is 3.70. The molecule has 2 N–H and O–H groups in total. The van der Waals surface area contributed by atoms with Crippen molar-refractivity contribution in [2.24, 2.45) is 4.99 Å². The molecule has 2 amide bonds. The second-order valence-electron chi connectivity index (χ2n) is 7.38. The van der Waals surface area contributed by atoms with Crippen LogP contribution in [-0.4, -0.2) is 25.2 Å². The predicted octanol–water partition coefficient (Wildman–Crippen LogP) is 5.73. The monoisotopic (exact) mass is 439 g/mol. The number of aromatic amines is 1. The molecule has 0 saturated heterocycles. The third kappa shape index (κ3) is 4.04. The van der Waals surface area contributed by atoms with E-state index in [0.717, 1.165) is 22.0 Å². The van der Waals surface area contributed by atoms with Gasteiger partial charge in [-0.1, -0.05) is 30.3 Å². The van der Waals surface area contributed by atoms with Crippen LogP contribution in [0.25, 0.3) is 33.1 Å². The summed E-state index contributed by atoms with van der Waals surface area (Å²) in [5.41, 5.74) is 3.71. The van der Waals surface area contributed by atoms with E-state index in [1.54, 1.807) is 44.6 Å². The van der Waals surface area contributed by atoms with Crippen LogP contribution in [-0.2, 0) is 0 Å². The minimum Gasteiger partial charge on any atom is -0.497 e. The van der Waals surface area contributed by atoms with Crippen LogP contribution >= 0.6 is 0 Å². The number of aromatic nitrogens is 1. The van der Waals surface area contributed by atoms with Gasteiger partial charge in [-0.15, -0.1) is 0 Å². The summed E-state index contributed by atoms with van der Waals surface area (Å²) in [6.45, 7) is 0. The molecule has 0 saturated carbocycles. The largest absolute Gasteiger partial charge is 0.497 e. The molecule has 5 rings (SSSR count). The summed E-state index contributed by atoms with van der Waals surface area (Å²) in [5.74, 6) is 1.25. The molecule has 0 radical (unpaired) electrons. The molecule has 0 bridgehead atoms.